The van der Waals surface area contributed by atoms with Crippen LogP contribution in [-0.2, 0) is 11.3 Å². The lowest BCUT2D eigenvalue weighted by Crippen LogP contribution is -2.33. The van der Waals surface area contributed by atoms with Crippen molar-refractivity contribution in [3.63, 3.8) is 0 Å². The average molecular weight is 383 g/mol. The van der Waals surface area contributed by atoms with Gasteiger partial charge in [0.25, 0.3) is 5.91 Å². The smallest absolute Gasteiger partial charge is 0.335 e. The van der Waals surface area contributed by atoms with Crippen LogP contribution in [0.1, 0.15) is 15.9 Å². The number of halogens is 2. The van der Waals surface area contributed by atoms with Crippen molar-refractivity contribution in [2.75, 3.05) is 5.32 Å². The molecule has 5 nitrogen and oxygen atoms in total. The highest BCUT2D eigenvalue weighted by molar-refractivity contribution is 7.82. The second-order valence-electron chi connectivity index (χ2n) is 4.77. The van der Waals surface area contributed by atoms with Gasteiger partial charge in [0.15, 0.2) is 4.99 Å². The first-order valence-corrected chi connectivity index (χ1v) is 7.89. The van der Waals surface area contributed by atoms with E-state index < -0.39 is 11.9 Å². The molecule has 3 N–H and O–H groups in total. The molecule has 24 heavy (non-hydrogen) atoms. The molecule has 0 bridgehead atoms. The number of hydrogen-bond donors (Lipinski definition) is 3. The van der Waals surface area contributed by atoms with Crippen LogP contribution in [0, 0.1) is 0 Å². The van der Waals surface area contributed by atoms with Crippen LogP contribution in [0.15, 0.2) is 42.5 Å². The number of carboxylic acid groups (broad SMARTS) is 1. The Kier molecular flexibility index (Phi) is 6.14. The molecule has 8 heteroatoms. The van der Waals surface area contributed by atoms with Crippen LogP contribution < -0.4 is 10.6 Å². The quantitative estimate of drug-likeness (QED) is 0.701. The lowest BCUT2D eigenvalue weighted by atomic mass is 10.2. The Morgan fingerprint density at radius 1 is 1.04 bits per heavy atom. The third kappa shape index (κ3) is 4.92. The van der Waals surface area contributed by atoms with Crippen LogP contribution in [0.25, 0.3) is 0 Å². The molecule has 0 fully saturated rings. The third-order valence-electron chi connectivity index (χ3n) is 3.03. The molecular weight excluding hydrogens is 371 g/mol. The van der Waals surface area contributed by atoms with Crippen molar-refractivity contribution in [1.82, 2.24) is 5.32 Å². The van der Waals surface area contributed by atoms with Crippen LogP contribution in [0.3, 0.4) is 0 Å². The SMILES string of the molecule is O=C(Nc1ccc(C(=O)O)cc1)C(=S)NCc1ccc(Cl)c(Cl)c1. The summed E-state index contributed by atoms with van der Waals surface area (Å²) < 4.78 is 0. The molecule has 0 heterocycles. The molecule has 0 aliphatic rings. The van der Waals surface area contributed by atoms with Crippen LogP contribution in [0.4, 0.5) is 5.69 Å². The average Bonchev–Trinajstić information content (AvgIpc) is 2.56. The maximum atomic E-state index is 12.0. The summed E-state index contributed by atoms with van der Waals surface area (Å²) in [6.07, 6.45) is 0. The van der Waals surface area contributed by atoms with E-state index in [2.05, 4.69) is 10.6 Å². The molecule has 124 valence electrons. The molecule has 0 spiro atoms. The predicted molar refractivity (Wildman–Crippen MR) is 97.9 cm³/mol. The highest BCUT2D eigenvalue weighted by atomic mass is 35.5. The van der Waals surface area contributed by atoms with Crippen molar-refractivity contribution in [3.8, 4) is 0 Å². The van der Waals surface area contributed by atoms with E-state index in [9.17, 15) is 9.59 Å². The predicted octanol–water partition coefficient (Wildman–Crippen LogP) is 3.75. The minimum atomic E-state index is -1.04. The van der Waals surface area contributed by atoms with Crippen LogP contribution >= 0.6 is 35.4 Å². The van der Waals surface area contributed by atoms with E-state index in [1.54, 1.807) is 18.2 Å². The number of amides is 1. The van der Waals surface area contributed by atoms with Crippen molar-refractivity contribution < 1.29 is 14.7 Å². The summed E-state index contributed by atoms with van der Waals surface area (Å²) in [5.74, 6) is -1.53. The van der Waals surface area contributed by atoms with E-state index in [0.717, 1.165) is 5.56 Å². The summed E-state index contributed by atoms with van der Waals surface area (Å²) in [5.41, 5.74) is 1.40. The van der Waals surface area contributed by atoms with Crippen molar-refractivity contribution in [3.05, 3.63) is 63.6 Å². The van der Waals surface area contributed by atoms with E-state index in [-0.39, 0.29) is 10.6 Å². The zero-order valence-corrected chi connectivity index (χ0v) is 14.5. The van der Waals surface area contributed by atoms with Crippen molar-refractivity contribution in [2.24, 2.45) is 0 Å². The lowest BCUT2D eigenvalue weighted by molar-refractivity contribution is -0.110. The highest BCUT2D eigenvalue weighted by Crippen LogP contribution is 2.22. The minimum Gasteiger partial charge on any atom is -0.478 e. The number of carboxylic acids is 1. The van der Waals surface area contributed by atoms with Gasteiger partial charge in [-0.25, -0.2) is 4.79 Å². The lowest BCUT2D eigenvalue weighted by Gasteiger charge is -2.09. The number of benzene rings is 2. The van der Waals surface area contributed by atoms with E-state index in [1.165, 1.54) is 24.3 Å². The van der Waals surface area contributed by atoms with Crippen molar-refractivity contribution >= 4 is 58.0 Å². The van der Waals surface area contributed by atoms with Crippen LogP contribution in [0.2, 0.25) is 10.0 Å². The second-order valence-corrected chi connectivity index (χ2v) is 5.99. The Hall–Kier alpha value is -2.15. The normalized spacial score (nSPS) is 10.1. The molecule has 0 aliphatic heterocycles. The standard InChI is InChI=1S/C16H12Cl2N2O3S/c17-12-6-1-9(7-13(12)18)8-19-15(24)14(21)20-11-4-2-10(3-5-11)16(22)23/h1-7H,8H2,(H,19,24)(H,20,21)(H,22,23). The summed E-state index contributed by atoms with van der Waals surface area (Å²) in [7, 11) is 0. The summed E-state index contributed by atoms with van der Waals surface area (Å²) >= 11 is 16.8. The zero-order valence-electron chi connectivity index (χ0n) is 12.2. The zero-order chi connectivity index (χ0) is 17.7. The first kappa shape index (κ1) is 18.2. The van der Waals surface area contributed by atoms with Crippen molar-refractivity contribution in [1.29, 1.82) is 0 Å². The van der Waals surface area contributed by atoms with Gasteiger partial charge in [-0.05, 0) is 42.0 Å². The highest BCUT2D eigenvalue weighted by Gasteiger charge is 2.10. The first-order valence-electron chi connectivity index (χ1n) is 6.73. The van der Waals surface area contributed by atoms with Crippen LogP contribution in [-0.4, -0.2) is 22.0 Å². The van der Waals surface area contributed by atoms with Gasteiger partial charge in [0.2, 0.25) is 0 Å². The van der Waals surface area contributed by atoms with Gasteiger partial charge in [0, 0.05) is 12.2 Å². The van der Waals surface area contributed by atoms with E-state index >= 15 is 0 Å². The van der Waals surface area contributed by atoms with Gasteiger partial charge >= 0.3 is 5.97 Å². The maximum absolute atomic E-state index is 12.0. The Labute approximate surface area is 153 Å². The second kappa shape index (κ2) is 8.10. The fourth-order valence-corrected chi connectivity index (χ4v) is 2.24. The van der Waals surface area contributed by atoms with Gasteiger partial charge in [0.1, 0.15) is 0 Å². The molecule has 2 rings (SSSR count). The third-order valence-corrected chi connectivity index (χ3v) is 4.10. The topological polar surface area (TPSA) is 78.4 Å². The maximum Gasteiger partial charge on any atom is 0.335 e. The molecule has 0 aromatic heterocycles. The Morgan fingerprint density at radius 2 is 1.71 bits per heavy atom. The Morgan fingerprint density at radius 3 is 2.29 bits per heavy atom. The summed E-state index contributed by atoms with van der Waals surface area (Å²) in [6.45, 7) is 0.321. The van der Waals surface area contributed by atoms with Gasteiger partial charge in [0.05, 0.1) is 15.6 Å². The largest absolute Gasteiger partial charge is 0.478 e. The number of carbonyl (C=O) groups is 2. The molecule has 1 amide bonds. The minimum absolute atomic E-state index is 0.00313. The van der Waals surface area contributed by atoms with E-state index in [1.807, 2.05) is 0 Å². The number of anilines is 1. The van der Waals surface area contributed by atoms with Gasteiger partial charge < -0.3 is 15.7 Å². The summed E-state index contributed by atoms with van der Waals surface area (Å²) in [6, 6.07) is 10.9. The Bertz CT molecular complexity index is 794. The molecule has 2 aromatic carbocycles. The summed E-state index contributed by atoms with van der Waals surface area (Å²) in [5, 5.41) is 15.1. The molecule has 0 saturated heterocycles. The number of aromatic carboxylic acids is 1. The summed E-state index contributed by atoms with van der Waals surface area (Å²) in [4.78, 5) is 22.8. The molecule has 0 aliphatic carbocycles. The number of nitrogens with one attached hydrogen (secondary N) is 2. The van der Waals surface area contributed by atoms with Crippen molar-refractivity contribution in [2.45, 2.75) is 6.54 Å². The Balaban J connectivity index is 1.90. The number of thiocarbonyl (C=S) groups is 1. The fourth-order valence-electron chi connectivity index (χ4n) is 1.80. The molecular formula is C16H12Cl2N2O3S. The van der Waals surface area contributed by atoms with Gasteiger partial charge in [-0.2, -0.15) is 0 Å². The van der Waals surface area contributed by atoms with Gasteiger partial charge in [-0.1, -0.05) is 41.5 Å². The van der Waals surface area contributed by atoms with Gasteiger partial charge in [-0.3, -0.25) is 4.79 Å². The molecule has 2 aromatic rings. The van der Waals surface area contributed by atoms with E-state index in [4.69, 9.17) is 40.5 Å². The molecule has 0 atom stereocenters. The number of rotatable bonds is 4. The molecule has 0 radical (unpaired) electrons. The monoisotopic (exact) mass is 382 g/mol. The molecule has 0 unspecified atom stereocenters. The number of hydrogen-bond acceptors (Lipinski definition) is 3. The van der Waals surface area contributed by atoms with E-state index in [0.29, 0.717) is 22.3 Å². The fraction of sp³-hybridized carbons (Fsp3) is 0.0625. The molecule has 0 saturated carbocycles. The number of carbonyl (C=O) groups excluding carboxylic acids is 1. The van der Waals surface area contributed by atoms with Gasteiger partial charge in [-0.15, -0.1) is 0 Å². The van der Waals surface area contributed by atoms with Crippen LogP contribution in [0.5, 0.6) is 0 Å². The first-order chi connectivity index (χ1) is 11.4.